The minimum Gasteiger partial charge on any atom is -0.310 e. The van der Waals surface area contributed by atoms with E-state index in [0.717, 1.165) is 22.6 Å². The molecular formula is C26H18Cl3NO. The van der Waals surface area contributed by atoms with Crippen LogP contribution in [0.5, 0.6) is 0 Å². The van der Waals surface area contributed by atoms with Gasteiger partial charge < -0.3 is 4.90 Å². The molecule has 2 nitrogen and oxygen atoms in total. The number of rotatable bonds is 5. The van der Waals surface area contributed by atoms with Crippen molar-refractivity contribution < 1.29 is 4.79 Å². The predicted molar refractivity (Wildman–Crippen MR) is 131 cm³/mol. The van der Waals surface area contributed by atoms with E-state index in [0.29, 0.717) is 26.2 Å². The first-order valence-corrected chi connectivity index (χ1v) is 10.8. The summed E-state index contributed by atoms with van der Waals surface area (Å²) < 4.78 is 0. The van der Waals surface area contributed by atoms with Crippen molar-refractivity contribution in [2.75, 3.05) is 4.90 Å². The Hall–Kier alpha value is -2.78. The lowest BCUT2D eigenvalue weighted by Gasteiger charge is -2.26. The fraction of sp³-hybridized carbons (Fsp3) is 0.0385. The maximum atomic E-state index is 13.1. The fourth-order valence-electron chi connectivity index (χ4n) is 3.48. The van der Waals surface area contributed by atoms with Gasteiger partial charge in [-0.15, -0.1) is 0 Å². The molecule has 0 saturated heterocycles. The summed E-state index contributed by atoms with van der Waals surface area (Å²) in [7, 11) is 0. The molecule has 0 radical (unpaired) electrons. The highest BCUT2D eigenvalue weighted by Gasteiger charge is 2.18. The van der Waals surface area contributed by atoms with Crippen LogP contribution in [0.4, 0.5) is 17.1 Å². The van der Waals surface area contributed by atoms with E-state index in [1.807, 2.05) is 90.7 Å². The minimum atomic E-state index is -0.105. The smallest absolute Gasteiger partial charge is 0.194 e. The molecule has 154 valence electrons. The SMILES string of the molecule is Cc1ccccc1C(=O)c1ccc(N(c2cccc(Cl)c2)c2cccc(Cl)c2)cc1Cl. The van der Waals surface area contributed by atoms with Gasteiger partial charge in [-0.3, -0.25) is 4.79 Å². The third-order valence-electron chi connectivity index (χ3n) is 4.98. The first-order valence-electron chi connectivity index (χ1n) is 9.65. The Labute approximate surface area is 196 Å². The molecule has 0 heterocycles. The second kappa shape index (κ2) is 9.15. The van der Waals surface area contributed by atoms with Crippen molar-refractivity contribution in [3.05, 3.63) is 123 Å². The predicted octanol–water partition coefficient (Wildman–Crippen LogP) is 8.66. The Kier molecular flexibility index (Phi) is 6.33. The third kappa shape index (κ3) is 4.62. The molecule has 0 aromatic heterocycles. The van der Waals surface area contributed by atoms with Gasteiger partial charge in [0.15, 0.2) is 5.78 Å². The molecule has 0 saturated carbocycles. The maximum Gasteiger partial charge on any atom is 0.194 e. The van der Waals surface area contributed by atoms with Crippen LogP contribution < -0.4 is 4.90 Å². The van der Waals surface area contributed by atoms with Crippen LogP contribution in [0.15, 0.2) is 91.0 Å². The van der Waals surface area contributed by atoms with Crippen molar-refractivity contribution in [2.24, 2.45) is 0 Å². The molecular weight excluding hydrogens is 449 g/mol. The largest absolute Gasteiger partial charge is 0.310 e. The Morgan fingerprint density at radius 3 is 1.77 bits per heavy atom. The summed E-state index contributed by atoms with van der Waals surface area (Å²) in [5.41, 5.74) is 4.49. The van der Waals surface area contributed by atoms with Crippen LogP contribution in [-0.4, -0.2) is 5.78 Å². The van der Waals surface area contributed by atoms with Crippen molar-refractivity contribution in [3.63, 3.8) is 0 Å². The number of hydrogen-bond acceptors (Lipinski definition) is 2. The van der Waals surface area contributed by atoms with Crippen LogP contribution in [0.3, 0.4) is 0 Å². The van der Waals surface area contributed by atoms with Crippen LogP contribution in [-0.2, 0) is 0 Å². The van der Waals surface area contributed by atoms with Crippen molar-refractivity contribution in [1.29, 1.82) is 0 Å². The first kappa shape index (κ1) is 21.5. The topological polar surface area (TPSA) is 20.3 Å². The average molecular weight is 467 g/mol. The molecule has 0 amide bonds. The van der Waals surface area contributed by atoms with E-state index >= 15 is 0 Å². The molecule has 0 atom stereocenters. The van der Waals surface area contributed by atoms with Gasteiger partial charge in [-0.2, -0.15) is 0 Å². The molecule has 5 heteroatoms. The second-order valence-corrected chi connectivity index (χ2v) is 8.38. The van der Waals surface area contributed by atoms with Crippen LogP contribution in [0.25, 0.3) is 0 Å². The Morgan fingerprint density at radius 1 is 0.645 bits per heavy atom. The van der Waals surface area contributed by atoms with Crippen molar-refractivity contribution >= 4 is 57.6 Å². The van der Waals surface area contributed by atoms with Crippen LogP contribution in [0.1, 0.15) is 21.5 Å². The van der Waals surface area contributed by atoms with Gasteiger partial charge in [0.25, 0.3) is 0 Å². The van der Waals surface area contributed by atoms with Gasteiger partial charge in [0.2, 0.25) is 0 Å². The molecule has 0 spiro atoms. The lowest BCUT2D eigenvalue weighted by Crippen LogP contribution is -2.11. The number of benzene rings is 4. The number of ketones is 1. The molecule has 0 N–H and O–H groups in total. The maximum absolute atomic E-state index is 13.1. The summed E-state index contributed by atoms with van der Waals surface area (Å²) >= 11 is 19.1. The molecule has 31 heavy (non-hydrogen) atoms. The number of carbonyl (C=O) groups is 1. The van der Waals surface area contributed by atoms with Gasteiger partial charge in [-0.1, -0.05) is 71.2 Å². The highest BCUT2D eigenvalue weighted by atomic mass is 35.5. The lowest BCUT2D eigenvalue weighted by atomic mass is 9.99. The van der Waals surface area contributed by atoms with Gasteiger partial charge in [-0.05, 0) is 67.1 Å². The number of carbonyl (C=O) groups excluding carboxylic acids is 1. The highest BCUT2D eigenvalue weighted by molar-refractivity contribution is 6.35. The van der Waals surface area contributed by atoms with Crippen LogP contribution in [0.2, 0.25) is 15.1 Å². The third-order valence-corrected chi connectivity index (χ3v) is 5.76. The summed E-state index contributed by atoms with van der Waals surface area (Å²) in [5, 5.41) is 1.60. The zero-order valence-electron chi connectivity index (χ0n) is 16.6. The monoisotopic (exact) mass is 465 g/mol. The van der Waals surface area contributed by atoms with Gasteiger partial charge >= 0.3 is 0 Å². The minimum absolute atomic E-state index is 0.105. The van der Waals surface area contributed by atoms with Gasteiger partial charge in [0, 0.05) is 38.2 Å². The zero-order chi connectivity index (χ0) is 22.0. The van der Waals surface area contributed by atoms with Crippen LogP contribution in [0, 0.1) is 6.92 Å². The summed E-state index contributed by atoms with van der Waals surface area (Å²) in [4.78, 5) is 15.1. The molecule has 0 fully saturated rings. The van der Waals surface area contributed by atoms with Crippen molar-refractivity contribution in [2.45, 2.75) is 6.92 Å². The molecule has 0 aliphatic rings. The van der Waals surface area contributed by atoms with Crippen molar-refractivity contribution in [3.8, 4) is 0 Å². The molecule has 0 aliphatic carbocycles. The van der Waals surface area contributed by atoms with Gasteiger partial charge in [0.1, 0.15) is 0 Å². The normalized spacial score (nSPS) is 10.7. The zero-order valence-corrected chi connectivity index (χ0v) is 18.9. The molecule has 4 rings (SSSR count). The number of halogens is 3. The molecule has 4 aromatic carbocycles. The highest BCUT2D eigenvalue weighted by Crippen LogP contribution is 2.38. The summed E-state index contributed by atoms with van der Waals surface area (Å²) in [6.07, 6.45) is 0. The van der Waals surface area contributed by atoms with E-state index in [1.165, 1.54) is 0 Å². The second-order valence-electron chi connectivity index (χ2n) is 7.10. The fourth-order valence-corrected chi connectivity index (χ4v) is 4.11. The number of anilines is 3. The van der Waals surface area contributed by atoms with E-state index in [1.54, 1.807) is 12.1 Å². The van der Waals surface area contributed by atoms with E-state index in [2.05, 4.69) is 0 Å². The van der Waals surface area contributed by atoms with Crippen LogP contribution >= 0.6 is 34.8 Å². The van der Waals surface area contributed by atoms with Gasteiger partial charge in [-0.25, -0.2) is 0 Å². The standard InChI is InChI=1S/C26H18Cl3NO/c1-17-6-2-3-11-23(17)26(31)24-13-12-22(16-25(24)29)30(20-9-4-7-18(27)14-20)21-10-5-8-19(28)15-21/h2-16H,1H3. The quantitative estimate of drug-likeness (QED) is 0.274. The van der Waals surface area contributed by atoms with E-state index in [9.17, 15) is 4.79 Å². The molecule has 0 aliphatic heterocycles. The molecule has 0 bridgehead atoms. The van der Waals surface area contributed by atoms with E-state index in [-0.39, 0.29) is 5.78 Å². The number of nitrogens with zero attached hydrogens (tertiary/aromatic N) is 1. The number of hydrogen-bond donors (Lipinski definition) is 0. The van der Waals surface area contributed by atoms with E-state index in [4.69, 9.17) is 34.8 Å². The molecule has 0 unspecified atom stereocenters. The lowest BCUT2D eigenvalue weighted by molar-refractivity contribution is 0.103. The number of aryl methyl sites for hydroxylation is 1. The summed E-state index contributed by atoms with van der Waals surface area (Å²) in [5.74, 6) is -0.105. The molecule has 4 aromatic rings. The van der Waals surface area contributed by atoms with E-state index < -0.39 is 0 Å². The Bertz CT molecular complexity index is 1220. The first-order chi connectivity index (χ1) is 14.9. The van der Waals surface area contributed by atoms with Crippen molar-refractivity contribution in [1.82, 2.24) is 0 Å². The Balaban J connectivity index is 1.80. The summed E-state index contributed by atoms with van der Waals surface area (Å²) in [6.45, 7) is 1.91. The average Bonchev–Trinajstić information content (AvgIpc) is 2.74. The summed E-state index contributed by atoms with van der Waals surface area (Å²) in [6, 6.07) is 27.9. The van der Waals surface area contributed by atoms with Gasteiger partial charge in [0.05, 0.1) is 5.02 Å². The Morgan fingerprint density at radius 2 is 1.23 bits per heavy atom.